The minimum absolute atomic E-state index is 0.0265. The van der Waals surface area contributed by atoms with Crippen molar-refractivity contribution in [2.24, 2.45) is 5.41 Å². The number of amides is 2. The molecule has 2 aromatic rings. The standard InChI is InChI=1S/C39H70N7O18P3S/c1-4-5-6-7-8-9-10-11-12-13-14-15-16-17-27(47)22-30(49)68-21-20-41-29(48)18-19-42-37(52)34(51)39(2,3)24-61-67(58,59)64-66(56,57)60-23-28-33(63-65(53,54)55)32(50)38(62-28)46-26-45-31-35(40)43-25-44-36(31)46/h25-28,32-34,38,47,50-51H,4-24H2,1-3H3,(H,41,48)(H,42,52)(H,56,57)(H,58,59)(H2,40,43,44)(H2,53,54,55). The molecule has 25 nitrogen and oxygen atoms in total. The molecule has 1 aliphatic heterocycles. The third-order valence-corrected chi connectivity index (χ3v) is 14.8. The normalized spacial score (nSPS) is 20.4. The molecule has 3 rings (SSSR count). The van der Waals surface area contributed by atoms with Crippen LogP contribution in [-0.2, 0) is 50.7 Å². The topological polar surface area (TPSA) is 384 Å². The van der Waals surface area contributed by atoms with Crippen molar-refractivity contribution in [2.75, 3.05) is 37.8 Å². The molecule has 2 amide bonds. The molecule has 1 fully saturated rings. The summed E-state index contributed by atoms with van der Waals surface area (Å²) in [5, 5.41) is 36.6. The quantitative estimate of drug-likeness (QED) is 0.0346. The number of phosphoric ester groups is 3. The molecule has 0 aromatic carbocycles. The molecule has 3 heterocycles. The summed E-state index contributed by atoms with van der Waals surface area (Å²) in [5.74, 6) is -1.21. The molecule has 0 spiro atoms. The molecular weight excluding hydrogens is 979 g/mol. The minimum Gasteiger partial charge on any atom is -0.393 e. The Morgan fingerprint density at radius 3 is 2.10 bits per heavy atom. The third-order valence-electron chi connectivity index (χ3n) is 10.8. The highest BCUT2D eigenvalue weighted by Crippen LogP contribution is 2.61. The monoisotopic (exact) mass is 1050 g/mol. The van der Waals surface area contributed by atoms with E-state index >= 15 is 0 Å². The number of aliphatic hydroxyl groups is 3. The second-order valence-electron chi connectivity index (χ2n) is 17.2. The van der Waals surface area contributed by atoms with E-state index in [9.17, 15) is 63.0 Å². The summed E-state index contributed by atoms with van der Waals surface area (Å²) in [6.45, 7) is 2.63. The molecule has 8 atom stereocenters. The molecular formula is C39H70N7O18P3S. The van der Waals surface area contributed by atoms with Crippen molar-refractivity contribution in [2.45, 2.75) is 160 Å². The first-order valence-corrected chi connectivity index (χ1v) is 28.2. The molecule has 1 aliphatic rings. The number of unbranched alkanes of at least 4 members (excludes halogenated alkanes) is 12. The summed E-state index contributed by atoms with van der Waals surface area (Å²) in [4.78, 5) is 88.4. The van der Waals surface area contributed by atoms with Gasteiger partial charge in [0.1, 0.15) is 36.3 Å². The van der Waals surface area contributed by atoms with Crippen molar-refractivity contribution < 1.29 is 85.6 Å². The van der Waals surface area contributed by atoms with E-state index in [2.05, 4.69) is 41.3 Å². The summed E-state index contributed by atoms with van der Waals surface area (Å²) in [7, 11) is -16.4. The Bertz CT molecular complexity index is 2030. The molecule has 11 N–H and O–H groups in total. The number of thioether (sulfide) groups is 1. The molecule has 1 saturated heterocycles. The number of hydrogen-bond acceptors (Lipinski definition) is 19. The predicted molar refractivity (Wildman–Crippen MR) is 248 cm³/mol. The van der Waals surface area contributed by atoms with Crippen LogP contribution in [0.15, 0.2) is 12.7 Å². The number of carbonyl (C=O) groups excluding carboxylic acids is 3. The van der Waals surface area contributed by atoms with E-state index in [0.29, 0.717) is 6.42 Å². The van der Waals surface area contributed by atoms with Gasteiger partial charge in [-0.3, -0.25) is 32.5 Å². The number of aromatic nitrogens is 4. The highest BCUT2D eigenvalue weighted by Gasteiger charge is 2.50. The molecule has 390 valence electrons. The largest absolute Gasteiger partial charge is 0.481 e. The first kappa shape index (κ1) is 59.8. The predicted octanol–water partition coefficient (Wildman–Crippen LogP) is 3.90. The number of carbonyl (C=O) groups is 3. The van der Waals surface area contributed by atoms with Crippen molar-refractivity contribution >= 4 is 69.1 Å². The molecule has 29 heteroatoms. The summed E-state index contributed by atoms with van der Waals surface area (Å²) in [6.07, 6.45) is 8.81. The van der Waals surface area contributed by atoms with Crippen LogP contribution >= 0.6 is 35.2 Å². The second kappa shape index (κ2) is 29.1. The van der Waals surface area contributed by atoms with E-state index in [1.54, 1.807) is 0 Å². The molecule has 0 bridgehead atoms. The maximum atomic E-state index is 12.7. The van der Waals surface area contributed by atoms with Gasteiger partial charge in [-0.2, -0.15) is 4.31 Å². The summed E-state index contributed by atoms with van der Waals surface area (Å²) in [5.41, 5.74) is 4.26. The van der Waals surface area contributed by atoms with Gasteiger partial charge >= 0.3 is 23.5 Å². The summed E-state index contributed by atoms with van der Waals surface area (Å²) < 4.78 is 62.4. The van der Waals surface area contributed by atoms with Crippen molar-refractivity contribution in [3.05, 3.63) is 12.7 Å². The number of anilines is 1. The number of nitrogens with zero attached hydrogens (tertiary/aromatic N) is 4. The SMILES string of the molecule is CCCCCCCCCCCCCCCC(O)CC(=O)SCCNC(=O)CCNC(=O)C(O)C(C)(C)COP(=O)(O)OP(=O)(O)OCC1OC(n2cnc3c(N)ncnc32)C(O)C1OP(=O)(O)O. The van der Waals surface area contributed by atoms with Crippen molar-refractivity contribution in [3.63, 3.8) is 0 Å². The van der Waals surface area contributed by atoms with Crippen LogP contribution in [0.3, 0.4) is 0 Å². The van der Waals surface area contributed by atoms with Crippen molar-refractivity contribution in [1.29, 1.82) is 0 Å². The van der Waals surface area contributed by atoms with Crippen molar-refractivity contribution in [3.8, 4) is 0 Å². The lowest BCUT2D eigenvalue weighted by atomic mass is 9.87. The zero-order chi connectivity index (χ0) is 50.5. The van der Waals surface area contributed by atoms with Gasteiger partial charge in [0.25, 0.3) is 0 Å². The fourth-order valence-corrected chi connectivity index (χ4v) is 10.6. The Hall–Kier alpha value is -2.48. The van der Waals surface area contributed by atoms with Crippen LogP contribution in [0, 0.1) is 5.41 Å². The highest BCUT2D eigenvalue weighted by atomic mass is 32.2. The number of nitrogens with two attached hydrogens (primary N) is 1. The van der Waals surface area contributed by atoms with E-state index in [-0.39, 0.29) is 53.8 Å². The zero-order valence-corrected chi connectivity index (χ0v) is 42.2. The van der Waals surface area contributed by atoms with E-state index in [1.807, 2.05) is 0 Å². The zero-order valence-electron chi connectivity index (χ0n) is 38.7. The van der Waals surface area contributed by atoms with Crippen LogP contribution in [0.25, 0.3) is 11.2 Å². The van der Waals surface area contributed by atoms with Gasteiger partial charge in [0.15, 0.2) is 22.8 Å². The maximum Gasteiger partial charge on any atom is 0.481 e. The summed E-state index contributed by atoms with van der Waals surface area (Å²) >= 11 is 1.00. The average Bonchev–Trinajstić information content (AvgIpc) is 3.82. The number of ether oxygens (including phenoxy) is 1. The smallest absolute Gasteiger partial charge is 0.393 e. The Morgan fingerprint density at radius 2 is 1.49 bits per heavy atom. The van der Waals surface area contributed by atoms with Crippen molar-refractivity contribution in [1.82, 2.24) is 30.2 Å². The first-order chi connectivity index (χ1) is 31.9. The van der Waals surface area contributed by atoms with Gasteiger partial charge in [-0.05, 0) is 6.42 Å². The van der Waals surface area contributed by atoms with Gasteiger partial charge in [0, 0.05) is 37.1 Å². The van der Waals surface area contributed by atoms with Gasteiger partial charge in [-0.25, -0.2) is 28.6 Å². The fraction of sp³-hybridized carbons (Fsp3) is 0.795. The van der Waals surface area contributed by atoms with E-state index in [1.165, 1.54) is 78.1 Å². The van der Waals surface area contributed by atoms with E-state index < -0.39 is 90.7 Å². The number of phosphoric acid groups is 3. The lowest BCUT2D eigenvalue weighted by Gasteiger charge is -2.30. The number of hydrogen-bond donors (Lipinski definition) is 10. The van der Waals surface area contributed by atoms with Gasteiger partial charge in [0.05, 0.1) is 25.6 Å². The van der Waals surface area contributed by atoms with Crippen LogP contribution < -0.4 is 16.4 Å². The minimum atomic E-state index is -5.59. The maximum absolute atomic E-state index is 12.7. The molecule has 0 radical (unpaired) electrons. The molecule has 0 saturated carbocycles. The summed E-state index contributed by atoms with van der Waals surface area (Å²) in [6, 6.07) is 0. The number of rotatable bonds is 35. The van der Waals surface area contributed by atoms with Crippen LogP contribution in [0.4, 0.5) is 5.82 Å². The number of aliphatic hydroxyl groups excluding tert-OH is 3. The Labute approximate surface area is 399 Å². The van der Waals surface area contributed by atoms with Crippen LogP contribution in [0.5, 0.6) is 0 Å². The van der Waals surface area contributed by atoms with Gasteiger partial charge in [0.2, 0.25) is 11.8 Å². The Morgan fingerprint density at radius 1 is 0.882 bits per heavy atom. The molecule has 68 heavy (non-hydrogen) atoms. The number of fused-ring (bicyclic) bond motifs is 1. The highest BCUT2D eigenvalue weighted by molar-refractivity contribution is 8.13. The van der Waals surface area contributed by atoms with Gasteiger partial charge < -0.3 is 56.0 Å². The molecule has 2 aromatic heterocycles. The lowest BCUT2D eigenvalue weighted by Crippen LogP contribution is -2.46. The number of nitrogens with one attached hydrogen (secondary N) is 2. The number of nitrogen functional groups attached to an aromatic ring is 1. The van der Waals surface area contributed by atoms with Gasteiger partial charge in [-0.1, -0.05) is 116 Å². The van der Waals surface area contributed by atoms with Crippen LogP contribution in [0.2, 0.25) is 0 Å². The molecule has 0 aliphatic carbocycles. The lowest BCUT2D eigenvalue weighted by molar-refractivity contribution is -0.137. The average molecular weight is 1050 g/mol. The van der Waals surface area contributed by atoms with E-state index in [0.717, 1.165) is 48.2 Å². The van der Waals surface area contributed by atoms with Crippen LogP contribution in [0.1, 0.15) is 130 Å². The Balaban J connectivity index is 1.31. The van der Waals surface area contributed by atoms with E-state index in [4.69, 9.17) is 19.5 Å². The number of imidazole rings is 1. The van der Waals surface area contributed by atoms with Crippen LogP contribution in [-0.4, -0.2) is 134 Å². The van der Waals surface area contributed by atoms with Gasteiger partial charge in [-0.15, -0.1) is 0 Å². The second-order valence-corrected chi connectivity index (χ2v) is 22.6. The fourth-order valence-electron chi connectivity index (χ4n) is 7.05. The first-order valence-electron chi connectivity index (χ1n) is 22.7. The molecule has 8 unspecified atom stereocenters. The Kier molecular flexibility index (Phi) is 25.6. The third kappa shape index (κ3) is 21.9.